The van der Waals surface area contributed by atoms with Crippen LogP contribution in [-0.2, 0) is 5.41 Å². The van der Waals surface area contributed by atoms with Gasteiger partial charge in [-0.05, 0) is 25.7 Å². The Morgan fingerprint density at radius 2 is 2.20 bits per heavy atom. The summed E-state index contributed by atoms with van der Waals surface area (Å²) in [6, 6.07) is 0. The molecule has 15 heavy (non-hydrogen) atoms. The summed E-state index contributed by atoms with van der Waals surface area (Å²) in [6.45, 7) is 2.17. The van der Waals surface area contributed by atoms with Crippen LogP contribution < -0.4 is 0 Å². The van der Waals surface area contributed by atoms with Crippen molar-refractivity contribution in [2.24, 2.45) is 0 Å². The van der Waals surface area contributed by atoms with Gasteiger partial charge in [0.1, 0.15) is 4.88 Å². The van der Waals surface area contributed by atoms with Crippen molar-refractivity contribution in [1.29, 1.82) is 0 Å². The Labute approximate surface area is 92.2 Å². The average molecular weight is 223 g/mol. The first-order chi connectivity index (χ1) is 7.10. The van der Waals surface area contributed by atoms with Crippen LogP contribution >= 0.6 is 11.3 Å². The second-order valence-corrected chi connectivity index (χ2v) is 5.87. The minimum atomic E-state index is -0.801. The van der Waals surface area contributed by atoms with Crippen LogP contribution in [-0.4, -0.2) is 16.1 Å². The fraction of sp³-hybridized carbons (Fsp3) is 0.636. The predicted molar refractivity (Wildman–Crippen MR) is 57.6 cm³/mol. The van der Waals surface area contributed by atoms with Gasteiger partial charge in [0.05, 0.1) is 10.7 Å². The van der Waals surface area contributed by atoms with E-state index in [9.17, 15) is 4.79 Å². The number of hydrogen-bond acceptors (Lipinski definition) is 3. The lowest BCUT2D eigenvalue weighted by Crippen LogP contribution is -1.99. The Balaban J connectivity index is 2.04. The van der Waals surface area contributed by atoms with Crippen molar-refractivity contribution in [1.82, 2.24) is 4.98 Å². The fourth-order valence-corrected chi connectivity index (χ4v) is 2.97. The number of nitrogens with zero attached hydrogens (tertiary/aromatic N) is 1. The van der Waals surface area contributed by atoms with E-state index in [2.05, 4.69) is 11.9 Å². The number of carboxylic acids is 1. The lowest BCUT2D eigenvalue weighted by molar-refractivity contribution is 0.0700. The number of carboxylic acid groups (broad SMARTS) is 1. The highest BCUT2D eigenvalue weighted by Crippen LogP contribution is 2.51. The highest BCUT2D eigenvalue weighted by molar-refractivity contribution is 7.13. The maximum absolute atomic E-state index is 11.1. The Morgan fingerprint density at radius 3 is 2.67 bits per heavy atom. The van der Waals surface area contributed by atoms with Gasteiger partial charge >= 0.3 is 5.97 Å². The molecule has 0 radical (unpaired) electrons. The van der Waals surface area contributed by atoms with Crippen LogP contribution in [0.25, 0.3) is 0 Å². The third-order valence-corrected chi connectivity index (χ3v) is 4.69. The molecule has 1 aromatic rings. The standard InChI is InChI=1S/C11H13NO2S/c1-11(4-5-11)10-12-7(6-2-3-6)8(15-10)9(13)14/h6H,2-5H2,1H3,(H,13,14). The lowest BCUT2D eigenvalue weighted by atomic mass is 10.1. The van der Waals surface area contributed by atoms with Crippen molar-refractivity contribution < 1.29 is 9.90 Å². The molecule has 3 nitrogen and oxygen atoms in total. The molecule has 2 aliphatic carbocycles. The second-order valence-electron chi connectivity index (χ2n) is 4.87. The van der Waals surface area contributed by atoms with E-state index in [1.807, 2.05) is 0 Å². The third kappa shape index (κ3) is 1.47. The summed E-state index contributed by atoms with van der Waals surface area (Å²) in [7, 11) is 0. The first-order valence-electron chi connectivity index (χ1n) is 5.35. The quantitative estimate of drug-likeness (QED) is 0.857. The maximum atomic E-state index is 11.1. The number of aromatic nitrogens is 1. The monoisotopic (exact) mass is 223 g/mol. The molecule has 1 N–H and O–H groups in total. The van der Waals surface area contributed by atoms with Crippen molar-refractivity contribution in [2.45, 2.75) is 43.9 Å². The van der Waals surface area contributed by atoms with E-state index in [1.54, 1.807) is 0 Å². The zero-order valence-electron chi connectivity index (χ0n) is 8.62. The third-order valence-electron chi connectivity index (χ3n) is 3.33. The Hall–Kier alpha value is -0.900. The minimum Gasteiger partial charge on any atom is -0.477 e. The second kappa shape index (κ2) is 2.82. The summed E-state index contributed by atoms with van der Waals surface area (Å²) in [6.07, 6.45) is 4.54. The van der Waals surface area contributed by atoms with Crippen LogP contribution in [0.15, 0.2) is 0 Å². The molecule has 2 fully saturated rings. The predicted octanol–water partition coefficient (Wildman–Crippen LogP) is 2.77. The van der Waals surface area contributed by atoms with Crippen LogP contribution in [0.1, 0.15) is 58.9 Å². The van der Waals surface area contributed by atoms with Crippen LogP contribution in [0.3, 0.4) is 0 Å². The van der Waals surface area contributed by atoms with E-state index < -0.39 is 5.97 Å². The molecule has 80 valence electrons. The molecule has 0 bridgehead atoms. The van der Waals surface area contributed by atoms with E-state index >= 15 is 0 Å². The molecule has 2 aliphatic rings. The average Bonchev–Trinajstić information content (AvgIpc) is 3.09. The molecule has 0 atom stereocenters. The number of thiazole rings is 1. The van der Waals surface area contributed by atoms with Gasteiger partial charge in [0.25, 0.3) is 0 Å². The van der Waals surface area contributed by atoms with Crippen molar-refractivity contribution in [3.8, 4) is 0 Å². The SMILES string of the molecule is CC1(c2nc(C3CC3)c(C(=O)O)s2)CC1. The first-order valence-corrected chi connectivity index (χ1v) is 6.16. The molecule has 0 aliphatic heterocycles. The molecule has 0 aromatic carbocycles. The molecular formula is C11H13NO2S. The highest BCUT2D eigenvalue weighted by Gasteiger charge is 2.44. The summed E-state index contributed by atoms with van der Waals surface area (Å²) in [5.41, 5.74) is 1.05. The van der Waals surface area contributed by atoms with E-state index in [4.69, 9.17) is 5.11 Å². The van der Waals surface area contributed by atoms with Crippen LogP contribution in [0, 0.1) is 0 Å². The molecule has 0 saturated heterocycles. The van der Waals surface area contributed by atoms with Crippen LogP contribution in [0.4, 0.5) is 0 Å². The Morgan fingerprint density at radius 1 is 1.53 bits per heavy atom. The van der Waals surface area contributed by atoms with E-state index in [-0.39, 0.29) is 5.41 Å². The normalized spacial score (nSPS) is 22.7. The van der Waals surface area contributed by atoms with Gasteiger partial charge < -0.3 is 5.11 Å². The zero-order valence-corrected chi connectivity index (χ0v) is 9.43. The van der Waals surface area contributed by atoms with Gasteiger partial charge in [-0.3, -0.25) is 0 Å². The Bertz CT molecular complexity index is 430. The smallest absolute Gasteiger partial charge is 0.347 e. The van der Waals surface area contributed by atoms with Gasteiger partial charge in [-0.15, -0.1) is 11.3 Å². The van der Waals surface area contributed by atoms with Gasteiger partial charge in [-0.1, -0.05) is 6.92 Å². The molecule has 1 aromatic heterocycles. The summed E-state index contributed by atoms with van der Waals surface area (Å²) in [4.78, 5) is 16.1. The van der Waals surface area contributed by atoms with Gasteiger partial charge in [0.15, 0.2) is 0 Å². The van der Waals surface area contributed by atoms with E-state index in [0.717, 1.165) is 36.4 Å². The van der Waals surface area contributed by atoms with E-state index in [1.165, 1.54) is 11.3 Å². The van der Waals surface area contributed by atoms with Crippen molar-refractivity contribution in [2.75, 3.05) is 0 Å². The lowest BCUT2D eigenvalue weighted by Gasteiger charge is -2.00. The van der Waals surface area contributed by atoms with Crippen LogP contribution in [0.2, 0.25) is 0 Å². The molecular weight excluding hydrogens is 210 g/mol. The largest absolute Gasteiger partial charge is 0.477 e. The molecule has 0 amide bonds. The molecule has 0 spiro atoms. The fourth-order valence-electron chi connectivity index (χ4n) is 1.78. The zero-order chi connectivity index (χ0) is 10.6. The molecule has 3 rings (SSSR count). The summed E-state index contributed by atoms with van der Waals surface area (Å²) in [5, 5.41) is 10.2. The highest BCUT2D eigenvalue weighted by atomic mass is 32.1. The van der Waals surface area contributed by atoms with Crippen molar-refractivity contribution >= 4 is 17.3 Å². The van der Waals surface area contributed by atoms with Gasteiger partial charge in [0.2, 0.25) is 0 Å². The number of carbonyl (C=O) groups is 1. The van der Waals surface area contributed by atoms with Gasteiger partial charge in [-0.25, -0.2) is 9.78 Å². The summed E-state index contributed by atoms with van der Waals surface area (Å²) < 4.78 is 0. The van der Waals surface area contributed by atoms with Crippen molar-refractivity contribution in [3.63, 3.8) is 0 Å². The first kappa shape index (κ1) is 9.33. The minimum absolute atomic E-state index is 0.196. The van der Waals surface area contributed by atoms with Gasteiger partial charge in [-0.2, -0.15) is 0 Å². The Kier molecular flexibility index (Phi) is 1.75. The summed E-state index contributed by atoms with van der Waals surface area (Å²) >= 11 is 1.39. The number of aromatic carboxylic acids is 1. The summed E-state index contributed by atoms with van der Waals surface area (Å²) in [5.74, 6) is -0.367. The maximum Gasteiger partial charge on any atom is 0.347 e. The molecule has 2 saturated carbocycles. The number of rotatable bonds is 3. The van der Waals surface area contributed by atoms with Gasteiger partial charge in [0, 0.05) is 11.3 Å². The molecule has 4 heteroatoms. The molecule has 1 heterocycles. The van der Waals surface area contributed by atoms with Crippen LogP contribution in [0.5, 0.6) is 0 Å². The topological polar surface area (TPSA) is 50.2 Å². The number of hydrogen-bond donors (Lipinski definition) is 1. The molecule has 0 unspecified atom stereocenters. The van der Waals surface area contributed by atoms with E-state index in [0.29, 0.717) is 10.8 Å². The van der Waals surface area contributed by atoms with Crippen molar-refractivity contribution in [3.05, 3.63) is 15.6 Å².